The standard InChI is InChI=1S/C20H21N3O4S/c1-15-2-5-17(6-3-15)28(24,25)22-18-12-16(20-13-21-14-27-20)4-7-19(18)23-8-10-26-11-9-23/h2-7,12-14,22H,8-11H2,1H3. The first kappa shape index (κ1) is 18.5. The van der Waals surface area contributed by atoms with E-state index in [2.05, 4.69) is 14.6 Å². The van der Waals surface area contributed by atoms with E-state index in [1.54, 1.807) is 36.5 Å². The third-order valence-electron chi connectivity index (χ3n) is 4.64. The zero-order valence-electron chi connectivity index (χ0n) is 15.5. The molecule has 2 heterocycles. The summed E-state index contributed by atoms with van der Waals surface area (Å²) in [6, 6.07) is 12.3. The lowest BCUT2D eigenvalue weighted by molar-refractivity contribution is 0.123. The predicted molar refractivity (Wildman–Crippen MR) is 107 cm³/mol. The minimum Gasteiger partial charge on any atom is -0.444 e. The number of nitrogens with zero attached hydrogens (tertiary/aromatic N) is 2. The first-order chi connectivity index (χ1) is 13.5. The van der Waals surface area contributed by atoms with Crippen molar-refractivity contribution in [3.63, 3.8) is 0 Å². The number of morpholine rings is 1. The van der Waals surface area contributed by atoms with Crippen molar-refractivity contribution in [1.82, 2.24) is 4.98 Å². The highest BCUT2D eigenvalue weighted by Gasteiger charge is 2.21. The topological polar surface area (TPSA) is 84.7 Å². The summed E-state index contributed by atoms with van der Waals surface area (Å²) in [7, 11) is -3.73. The van der Waals surface area contributed by atoms with E-state index >= 15 is 0 Å². The van der Waals surface area contributed by atoms with E-state index in [9.17, 15) is 8.42 Å². The second kappa shape index (κ2) is 7.65. The van der Waals surface area contributed by atoms with Crippen LogP contribution in [0.5, 0.6) is 0 Å². The van der Waals surface area contributed by atoms with Crippen molar-refractivity contribution in [2.45, 2.75) is 11.8 Å². The number of oxazole rings is 1. The molecule has 1 aliphatic rings. The van der Waals surface area contributed by atoms with Gasteiger partial charge in [0.15, 0.2) is 12.2 Å². The third kappa shape index (κ3) is 3.88. The largest absolute Gasteiger partial charge is 0.444 e. The van der Waals surface area contributed by atoms with Crippen LogP contribution in [0.15, 0.2) is 64.4 Å². The predicted octanol–water partition coefficient (Wildman–Crippen LogP) is 3.29. The minimum atomic E-state index is -3.73. The lowest BCUT2D eigenvalue weighted by Crippen LogP contribution is -2.36. The number of benzene rings is 2. The van der Waals surface area contributed by atoms with Gasteiger partial charge in [-0.1, -0.05) is 17.7 Å². The molecule has 0 saturated carbocycles. The molecule has 0 aliphatic carbocycles. The Hall–Kier alpha value is -2.84. The van der Waals surface area contributed by atoms with Crippen molar-refractivity contribution in [2.75, 3.05) is 35.9 Å². The summed E-state index contributed by atoms with van der Waals surface area (Å²) in [5.74, 6) is 0.573. The Morgan fingerprint density at radius 3 is 2.50 bits per heavy atom. The smallest absolute Gasteiger partial charge is 0.261 e. The molecule has 0 radical (unpaired) electrons. The second-order valence-corrected chi connectivity index (χ2v) is 8.30. The average Bonchev–Trinajstić information content (AvgIpc) is 3.23. The molecule has 2 aromatic carbocycles. The molecule has 0 atom stereocenters. The SMILES string of the molecule is Cc1ccc(S(=O)(=O)Nc2cc(-c3cnco3)ccc2N2CCOCC2)cc1. The highest BCUT2D eigenvalue weighted by Crippen LogP contribution is 2.33. The molecule has 146 valence electrons. The highest BCUT2D eigenvalue weighted by atomic mass is 32.2. The average molecular weight is 399 g/mol. The zero-order valence-corrected chi connectivity index (χ0v) is 16.3. The van der Waals surface area contributed by atoms with E-state index in [1.807, 2.05) is 19.1 Å². The van der Waals surface area contributed by atoms with Gasteiger partial charge in [-0.3, -0.25) is 4.72 Å². The van der Waals surface area contributed by atoms with E-state index in [1.165, 1.54) is 6.39 Å². The molecule has 8 heteroatoms. The number of hydrogen-bond donors (Lipinski definition) is 1. The summed E-state index contributed by atoms with van der Waals surface area (Å²) in [4.78, 5) is 6.27. The van der Waals surface area contributed by atoms with Crippen LogP contribution in [0, 0.1) is 6.92 Å². The van der Waals surface area contributed by atoms with Gasteiger partial charge in [-0.15, -0.1) is 0 Å². The van der Waals surface area contributed by atoms with Crippen LogP contribution in [0.3, 0.4) is 0 Å². The molecular weight excluding hydrogens is 378 g/mol. The molecule has 1 fully saturated rings. The Bertz CT molecular complexity index is 1040. The molecule has 28 heavy (non-hydrogen) atoms. The Balaban J connectivity index is 1.73. The maximum atomic E-state index is 13.0. The Kier molecular flexibility index (Phi) is 5.06. The normalized spacial score (nSPS) is 14.8. The van der Waals surface area contributed by atoms with Gasteiger partial charge in [-0.25, -0.2) is 13.4 Å². The van der Waals surface area contributed by atoms with Crippen LogP contribution in [0.25, 0.3) is 11.3 Å². The molecule has 7 nitrogen and oxygen atoms in total. The van der Waals surface area contributed by atoms with Gasteiger partial charge in [-0.2, -0.15) is 0 Å². The van der Waals surface area contributed by atoms with Gasteiger partial charge in [0.05, 0.1) is 35.7 Å². The fraction of sp³-hybridized carbons (Fsp3) is 0.250. The Labute approximate surface area is 164 Å². The molecule has 1 aromatic heterocycles. The number of sulfonamides is 1. The number of aromatic nitrogens is 1. The molecule has 0 spiro atoms. The van der Waals surface area contributed by atoms with Crippen molar-refractivity contribution >= 4 is 21.4 Å². The quantitative estimate of drug-likeness (QED) is 0.709. The van der Waals surface area contributed by atoms with E-state index in [0.717, 1.165) is 16.8 Å². The van der Waals surface area contributed by atoms with Crippen LogP contribution in [-0.4, -0.2) is 39.7 Å². The van der Waals surface area contributed by atoms with Crippen molar-refractivity contribution in [3.8, 4) is 11.3 Å². The Morgan fingerprint density at radius 2 is 1.82 bits per heavy atom. The molecule has 1 aliphatic heterocycles. The van der Waals surface area contributed by atoms with Crippen LogP contribution >= 0.6 is 0 Å². The van der Waals surface area contributed by atoms with E-state index in [4.69, 9.17) is 9.15 Å². The Morgan fingerprint density at radius 1 is 1.07 bits per heavy atom. The van der Waals surface area contributed by atoms with E-state index in [0.29, 0.717) is 37.8 Å². The van der Waals surface area contributed by atoms with Crippen LogP contribution in [0.2, 0.25) is 0 Å². The van der Waals surface area contributed by atoms with Gasteiger partial charge in [0.1, 0.15) is 0 Å². The molecule has 4 rings (SSSR count). The van der Waals surface area contributed by atoms with Gasteiger partial charge >= 0.3 is 0 Å². The highest BCUT2D eigenvalue weighted by molar-refractivity contribution is 7.92. The van der Waals surface area contributed by atoms with E-state index < -0.39 is 10.0 Å². The zero-order chi connectivity index (χ0) is 19.6. The summed E-state index contributed by atoms with van der Waals surface area (Å²) >= 11 is 0. The summed E-state index contributed by atoms with van der Waals surface area (Å²) in [6.45, 7) is 4.52. The number of anilines is 2. The van der Waals surface area contributed by atoms with Crippen molar-refractivity contribution in [1.29, 1.82) is 0 Å². The maximum Gasteiger partial charge on any atom is 0.261 e. The summed E-state index contributed by atoms with van der Waals surface area (Å²) in [5, 5.41) is 0. The molecule has 3 aromatic rings. The van der Waals surface area contributed by atoms with Crippen molar-refractivity contribution in [3.05, 3.63) is 60.6 Å². The fourth-order valence-corrected chi connectivity index (χ4v) is 4.20. The molecule has 0 bridgehead atoms. The molecule has 0 unspecified atom stereocenters. The first-order valence-electron chi connectivity index (χ1n) is 8.98. The van der Waals surface area contributed by atoms with E-state index in [-0.39, 0.29) is 4.90 Å². The summed E-state index contributed by atoms with van der Waals surface area (Å²) < 4.78 is 39.4. The van der Waals surface area contributed by atoms with Crippen LogP contribution in [-0.2, 0) is 14.8 Å². The monoisotopic (exact) mass is 399 g/mol. The van der Waals surface area contributed by atoms with Gasteiger partial charge in [0.2, 0.25) is 0 Å². The van der Waals surface area contributed by atoms with Crippen molar-refractivity contribution < 1.29 is 17.6 Å². The first-order valence-corrected chi connectivity index (χ1v) is 10.5. The lowest BCUT2D eigenvalue weighted by Gasteiger charge is -2.30. The fourth-order valence-electron chi connectivity index (χ4n) is 3.13. The molecule has 0 amide bonds. The number of nitrogens with one attached hydrogen (secondary N) is 1. The number of aryl methyl sites for hydroxylation is 1. The van der Waals surface area contributed by atoms with Gasteiger partial charge in [-0.05, 0) is 37.3 Å². The molecule has 1 N–H and O–H groups in total. The van der Waals surface area contributed by atoms with Gasteiger partial charge in [0, 0.05) is 18.7 Å². The van der Waals surface area contributed by atoms with Gasteiger partial charge < -0.3 is 14.1 Å². The maximum absolute atomic E-state index is 13.0. The third-order valence-corrected chi connectivity index (χ3v) is 6.02. The molecular formula is C20H21N3O4S. The minimum absolute atomic E-state index is 0.219. The summed E-state index contributed by atoms with van der Waals surface area (Å²) in [6.07, 6.45) is 2.95. The van der Waals surface area contributed by atoms with Gasteiger partial charge in [0.25, 0.3) is 10.0 Å². The van der Waals surface area contributed by atoms with Crippen LogP contribution in [0.4, 0.5) is 11.4 Å². The van der Waals surface area contributed by atoms with Crippen LogP contribution in [0.1, 0.15) is 5.56 Å². The number of hydrogen-bond acceptors (Lipinski definition) is 6. The second-order valence-electron chi connectivity index (χ2n) is 6.62. The number of rotatable bonds is 5. The lowest BCUT2D eigenvalue weighted by atomic mass is 10.1. The summed E-state index contributed by atoms with van der Waals surface area (Å²) in [5.41, 5.74) is 3.05. The van der Waals surface area contributed by atoms with Crippen LogP contribution < -0.4 is 9.62 Å². The molecule has 1 saturated heterocycles. The number of ether oxygens (including phenoxy) is 1. The van der Waals surface area contributed by atoms with Crippen molar-refractivity contribution in [2.24, 2.45) is 0 Å².